The molecule has 122 valence electrons. The van der Waals surface area contributed by atoms with Crippen LogP contribution in [0.15, 0.2) is 60.7 Å². The molecule has 0 N–H and O–H groups in total. The van der Waals surface area contributed by atoms with E-state index in [4.69, 9.17) is 32.7 Å². The number of hydrogen-bond donors (Lipinski definition) is 0. The molecule has 0 atom stereocenters. The van der Waals surface area contributed by atoms with Gasteiger partial charge in [0.25, 0.3) is 0 Å². The van der Waals surface area contributed by atoms with Gasteiger partial charge in [-0.2, -0.15) is 0 Å². The SMILES string of the molecule is O=C(COc1ccc(Cl)cc1Cl)OCc1cccc2ccccc12. The number of hydrogen-bond acceptors (Lipinski definition) is 3. The predicted octanol–water partition coefficient (Wildman–Crippen LogP) is 5.27. The molecule has 0 saturated carbocycles. The lowest BCUT2D eigenvalue weighted by Gasteiger charge is -2.10. The van der Waals surface area contributed by atoms with Crippen molar-refractivity contribution in [2.24, 2.45) is 0 Å². The molecule has 24 heavy (non-hydrogen) atoms. The monoisotopic (exact) mass is 360 g/mol. The number of esters is 1. The fourth-order valence-electron chi connectivity index (χ4n) is 2.35. The van der Waals surface area contributed by atoms with Crippen LogP contribution < -0.4 is 4.74 Å². The van der Waals surface area contributed by atoms with Crippen molar-refractivity contribution in [1.29, 1.82) is 0 Å². The molecule has 0 bridgehead atoms. The van der Waals surface area contributed by atoms with Crippen LogP contribution in [0.2, 0.25) is 10.0 Å². The predicted molar refractivity (Wildman–Crippen MR) is 95.7 cm³/mol. The van der Waals surface area contributed by atoms with Crippen LogP contribution in [-0.4, -0.2) is 12.6 Å². The quantitative estimate of drug-likeness (QED) is 0.581. The van der Waals surface area contributed by atoms with Gasteiger partial charge < -0.3 is 9.47 Å². The summed E-state index contributed by atoms with van der Waals surface area (Å²) in [7, 11) is 0. The van der Waals surface area contributed by atoms with Gasteiger partial charge in [-0.25, -0.2) is 4.79 Å². The third kappa shape index (κ3) is 3.99. The number of ether oxygens (including phenoxy) is 2. The first kappa shape index (κ1) is 16.6. The van der Waals surface area contributed by atoms with Gasteiger partial charge in [-0.15, -0.1) is 0 Å². The van der Waals surface area contributed by atoms with Gasteiger partial charge in [0, 0.05) is 5.02 Å². The van der Waals surface area contributed by atoms with Crippen molar-refractivity contribution in [1.82, 2.24) is 0 Å². The first-order chi connectivity index (χ1) is 11.6. The number of halogens is 2. The molecule has 3 rings (SSSR count). The fourth-order valence-corrected chi connectivity index (χ4v) is 2.81. The van der Waals surface area contributed by atoms with Crippen molar-refractivity contribution in [2.45, 2.75) is 6.61 Å². The van der Waals surface area contributed by atoms with Crippen molar-refractivity contribution in [3.8, 4) is 5.75 Å². The lowest BCUT2D eigenvalue weighted by molar-refractivity contribution is -0.147. The van der Waals surface area contributed by atoms with Crippen LogP contribution in [0.25, 0.3) is 10.8 Å². The van der Waals surface area contributed by atoms with E-state index in [1.54, 1.807) is 18.2 Å². The highest BCUT2D eigenvalue weighted by Crippen LogP contribution is 2.27. The Bertz CT molecular complexity index is 872. The van der Waals surface area contributed by atoms with Crippen LogP contribution in [0.1, 0.15) is 5.56 Å². The maximum absolute atomic E-state index is 11.9. The Kier molecular flexibility index (Phi) is 5.24. The summed E-state index contributed by atoms with van der Waals surface area (Å²) in [6.07, 6.45) is 0. The highest BCUT2D eigenvalue weighted by atomic mass is 35.5. The van der Waals surface area contributed by atoms with Crippen LogP contribution in [-0.2, 0) is 16.1 Å². The fraction of sp³-hybridized carbons (Fsp3) is 0.105. The molecule has 0 aliphatic heterocycles. The zero-order valence-corrected chi connectivity index (χ0v) is 14.2. The number of carbonyl (C=O) groups excluding carboxylic acids is 1. The molecule has 3 nitrogen and oxygen atoms in total. The molecule has 0 aliphatic rings. The molecule has 0 aromatic heterocycles. The Morgan fingerprint density at radius 3 is 2.58 bits per heavy atom. The topological polar surface area (TPSA) is 35.5 Å². The number of benzene rings is 3. The average Bonchev–Trinajstić information content (AvgIpc) is 2.59. The van der Waals surface area contributed by atoms with Gasteiger partial charge in [0.2, 0.25) is 0 Å². The number of rotatable bonds is 5. The van der Waals surface area contributed by atoms with Crippen molar-refractivity contribution in [2.75, 3.05) is 6.61 Å². The van der Waals surface area contributed by atoms with Crippen molar-refractivity contribution >= 4 is 39.9 Å². The maximum Gasteiger partial charge on any atom is 0.344 e. The molecule has 0 saturated heterocycles. The molecule has 5 heteroatoms. The van der Waals surface area contributed by atoms with E-state index < -0.39 is 5.97 Å². The van der Waals surface area contributed by atoms with Crippen molar-refractivity contribution < 1.29 is 14.3 Å². The summed E-state index contributed by atoms with van der Waals surface area (Å²) in [5.41, 5.74) is 0.950. The summed E-state index contributed by atoms with van der Waals surface area (Å²) in [6, 6.07) is 18.7. The van der Waals surface area contributed by atoms with Gasteiger partial charge in [0.1, 0.15) is 12.4 Å². The Morgan fingerprint density at radius 2 is 1.75 bits per heavy atom. The van der Waals surface area contributed by atoms with Crippen molar-refractivity contribution in [3.63, 3.8) is 0 Å². The maximum atomic E-state index is 11.9. The standard InChI is InChI=1S/C19H14Cl2O3/c20-15-8-9-18(17(21)10-15)23-12-19(22)24-11-14-6-3-5-13-4-1-2-7-16(13)14/h1-10H,11-12H2. The molecular formula is C19H14Cl2O3. The molecule has 0 aliphatic carbocycles. The number of fused-ring (bicyclic) bond motifs is 1. The van der Waals surface area contributed by atoms with E-state index in [2.05, 4.69) is 0 Å². The van der Waals surface area contributed by atoms with Gasteiger partial charge in [-0.3, -0.25) is 0 Å². The summed E-state index contributed by atoms with van der Waals surface area (Å²) >= 11 is 11.8. The first-order valence-corrected chi connectivity index (χ1v) is 8.09. The van der Waals surface area contributed by atoms with Crippen molar-refractivity contribution in [3.05, 3.63) is 76.3 Å². The van der Waals surface area contributed by atoms with Gasteiger partial charge in [-0.1, -0.05) is 65.7 Å². The second-order valence-corrected chi connectivity index (χ2v) is 6.01. The second-order valence-electron chi connectivity index (χ2n) is 5.16. The summed E-state index contributed by atoms with van der Waals surface area (Å²) in [6.45, 7) is -0.0238. The minimum atomic E-state index is -0.464. The molecule has 0 radical (unpaired) electrons. The second kappa shape index (κ2) is 7.56. The molecule has 0 fully saturated rings. The molecule has 0 unspecified atom stereocenters. The highest BCUT2D eigenvalue weighted by Gasteiger charge is 2.09. The van der Waals surface area contributed by atoms with E-state index in [1.807, 2.05) is 42.5 Å². The van der Waals surface area contributed by atoms with Gasteiger partial charge in [0.15, 0.2) is 6.61 Å². The highest BCUT2D eigenvalue weighted by molar-refractivity contribution is 6.35. The number of carbonyl (C=O) groups is 1. The zero-order chi connectivity index (χ0) is 16.9. The Balaban J connectivity index is 1.59. The molecular weight excluding hydrogens is 347 g/mol. The Labute approximate surface area is 149 Å². The third-order valence-electron chi connectivity index (χ3n) is 3.51. The minimum Gasteiger partial charge on any atom is -0.480 e. The van der Waals surface area contributed by atoms with Gasteiger partial charge in [-0.05, 0) is 34.5 Å². The van der Waals surface area contributed by atoms with Gasteiger partial charge >= 0.3 is 5.97 Å². The molecule has 0 heterocycles. The first-order valence-electron chi connectivity index (χ1n) is 7.33. The minimum absolute atomic E-state index is 0.192. The summed E-state index contributed by atoms with van der Waals surface area (Å²) in [4.78, 5) is 11.9. The zero-order valence-electron chi connectivity index (χ0n) is 12.7. The van der Waals surface area contributed by atoms with E-state index in [9.17, 15) is 4.79 Å². The van der Waals surface area contributed by atoms with E-state index in [1.165, 1.54) is 0 Å². The average molecular weight is 361 g/mol. The van der Waals surface area contributed by atoms with Crippen LogP contribution in [0.3, 0.4) is 0 Å². The van der Waals surface area contributed by atoms with Crippen LogP contribution in [0.5, 0.6) is 5.75 Å². The molecule has 0 spiro atoms. The third-order valence-corrected chi connectivity index (χ3v) is 4.04. The molecule has 3 aromatic rings. The van der Waals surface area contributed by atoms with Crippen LogP contribution >= 0.6 is 23.2 Å². The smallest absolute Gasteiger partial charge is 0.344 e. The van der Waals surface area contributed by atoms with E-state index >= 15 is 0 Å². The normalized spacial score (nSPS) is 10.6. The summed E-state index contributed by atoms with van der Waals surface area (Å²) in [5, 5.41) is 3.03. The lowest BCUT2D eigenvalue weighted by Crippen LogP contribution is -2.15. The van der Waals surface area contributed by atoms with Crippen LogP contribution in [0.4, 0.5) is 0 Å². The lowest BCUT2D eigenvalue weighted by atomic mass is 10.1. The summed E-state index contributed by atoms with van der Waals surface area (Å²) < 4.78 is 10.7. The van der Waals surface area contributed by atoms with Gasteiger partial charge in [0.05, 0.1) is 5.02 Å². The summed E-state index contributed by atoms with van der Waals surface area (Å²) in [5.74, 6) is -0.0721. The van der Waals surface area contributed by atoms with Crippen LogP contribution in [0, 0.1) is 0 Å². The van der Waals surface area contributed by atoms with E-state index in [0.717, 1.165) is 16.3 Å². The van der Waals surface area contributed by atoms with E-state index in [0.29, 0.717) is 15.8 Å². The largest absolute Gasteiger partial charge is 0.480 e. The Hall–Kier alpha value is -2.23. The Morgan fingerprint density at radius 1 is 0.958 bits per heavy atom. The molecule has 3 aromatic carbocycles. The van der Waals surface area contributed by atoms with E-state index in [-0.39, 0.29) is 13.2 Å². The molecule has 0 amide bonds.